The van der Waals surface area contributed by atoms with Crippen LogP contribution in [0.15, 0.2) is 69.7 Å². The Morgan fingerprint density at radius 3 is 2.53 bits per heavy atom. The van der Waals surface area contributed by atoms with Crippen LogP contribution in [0.25, 0.3) is 21.9 Å². The second-order valence-corrected chi connectivity index (χ2v) is 8.54. The Morgan fingerprint density at radius 1 is 0.941 bits per heavy atom. The first-order valence-electron chi connectivity index (χ1n) is 10.9. The third-order valence-electron chi connectivity index (χ3n) is 5.94. The van der Waals surface area contributed by atoms with Crippen molar-refractivity contribution >= 4 is 39.3 Å². The summed E-state index contributed by atoms with van der Waals surface area (Å²) < 4.78 is 25.6. The molecular formula is C28H22FNO4. The van der Waals surface area contributed by atoms with Crippen LogP contribution >= 0.6 is 0 Å². The van der Waals surface area contributed by atoms with Crippen LogP contribution in [0.5, 0.6) is 0 Å². The number of nitrogens with one attached hydrogen (secondary N) is 1. The van der Waals surface area contributed by atoms with E-state index in [9.17, 15) is 14.0 Å². The molecule has 0 unspecified atom stereocenters. The summed E-state index contributed by atoms with van der Waals surface area (Å²) in [6.07, 6.45) is 1.65. The zero-order chi connectivity index (χ0) is 24.0. The van der Waals surface area contributed by atoms with Gasteiger partial charge in [0, 0.05) is 21.9 Å². The molecule has 0 radical (unpaired) electrons. The molecule has 0 saturated carbocycles. The summed E-state index contributed by atoms with van der Waals surface area (Å²) in [4.78, 5) is 26.3. The SMILES string of the molecule is Cc1cc(C)c2c(CC(=O)Nc3c(C(=O)c4ccc(C)c(F)c4)oc4ccccc34)coc2c1. The maximum Gasteiger partial charge on any atom is 0.230 e. The van der Waals surface area contributed by atoms with E-state index in [1.54, 1.807) is 43.5 Å². The summed E-state index contributed by atoms with van der Waals surface area (Å²) >= 11 is 0. The lowest BCUT2D eigenvalue weighted by molar-refractivity contribution is -0.115. The lowest BCUT2D eigenvalue weighted by Gasteiger charge is -2.07. The van der Waals surface area contributed by atoms with E-state index in [0.29, 0.717) is 16.5 Å². The number of halogens is 1. The van der Waals surface area contributed by atoms with Gasteiger partial charge >= 0.3 is 0 Å². The number of para-hydroxylation sites is 1. The van der Waals surface area contributed by atoms with Gasteiger partial charge in [0.25, 0.3) is 0 Å². The maximum absolute atomic E-state index is 14.1. The summed E-state index contributed by atoms with van der Waals surface area (Å²) in [5, 5.41) is 4.35. The van der Waals surface area contributed by atoms with Crippen LogP contribution in [0.2, 0.25) is 0 Å². The van der Waals surface area contributed by atoms with Crippen molar-refractivity contribution in [3.8, 4) is 0 Å². The summed E-state index contributed by atoms with van der Waals surface area (Å²) in [6.45, 7) is 5.59. The molecular weight excluding hydrogens is 433 g/mol. The van der Waals surface area contributed by atoms with Crippen LogP contribution < -0.4 is 5.32 Å². The highest BCUT2D eigenvalue weighted by Gasteiger charge is 2.24. The topological polar surface area (TPSA) is 72.5 Å². The summed E-state index contributed by atoms with van der Waals surface area (Å²) in [5.41, 5.74) is 4.89. The number of aryl methyl sites for hydroxylation is 3. The molecule has 0 aliphatic heterocycles. The van der Waals surface area contributed by atoms with Gasteiger partial charge in [0.2, 0.25) is 11.7 Å². The minimum absolute atomic E-state index is 0.0401. The van der Waals surface area contributed by atoms with E-state index < -0.39 is 11.6 Å². The molecule has 2 heterocycles. The quantitative estimate of drug-likeness (QED) is 0.301. The molecule has 0 fully saturated rings. The Morgan fingerprint density at radius 2 is 1.74 bits per heavy atom. The van der Waals surface area contributed by atoms with Gasteiger partial charge in [-0.05, 0) is 61.7 Å². The molecule has 5 aromatic rings. The molecule has 1 amide bonds. The van der Waals surface area contributed by atoms with Crippen molar-refractivity contribution in [3.63, 3.8) is 0 Å². The number of benzene rings is 3. The Bertz CT molecular complexity index is 1590. The fourth-order valence-corrected chi connectivity index (χ4v) is 4.31. The fraction of sp³-hybridized carbons (Fsp3) is 0.143. The Balaban J connectivity index is 1.51. The van der Waals surface area contributed by atoms with Gasteiger partial charge in [0.05, 0.1) is 18.4 Å². The highest BCUT2D eigenvalue weighted by Crippen LogP contribution is 2.33. The predicted molar refractivity (Wildman–Crippen MR) is 129 cm³/mol. The first kappa shape index (κ1) is 21.6. The summed E-state index contributed by atoms with van der Waals surface area (Å²) in [6, 6.07) is 15.3. The maximum atomic E-state index is 14.1. The molecule has 0 atom stereocenters. The van der Waals surface area contributed by atoms with Crippen molar-refractivity contribution in [2.75, 3.05) is 5.32 Å². The number of ketones is 1. The van der Waals surface area contributed by atoms with Gasteiger partial charge in [-0.25, -0.2) is 4.39 Å². The molecule has 0 spiro atoms. The molecule has 5 nitrogen and oxygen atoms in total. The number of anilines is 1. The number of furan rings is 2. The van der Waals surface area contributed by atoms with Crippen molar-refractivity contribution in [3.05, 3.63) is 100 Å². The second kappa shape index (κ2) is 8.30. The lowest BCUT2D eigenvalue weighted by atomic mass is 10.0. The lowest BCUT2D eigenvalue weighted by Crippen LogP contribution is -2.16. The molecule has 0 saturated heterocycles. The van der Waals surface area contributed by atoms with Crippen molar-refractivity contribution in [1.29, 1.82) is 0 Å². The minimum Gasteiger partial charge on any atom is -0.464 e. The van der Waals surface area contributed by atoms with E-state index in [0.717, 1.165) is 27.7 Å². The standard InChI is InChI=1S/C28H22FNO4/c1-15-10-17(3)25-19(14-33-23(25)11-15)13-24(31)30-26-20-6-4-5-7-22(20)34-28(26)27(32)18-9-8-16(2)21(29)12-18/h4-12,14H,13H2,1-3H3,(H,30,31). The van der Waals surface area contributed by atoms with Gasteiger partial charge in [-0.2, -0.15) is 0 Å². The summed E-state index contributed by atoms with van der Waals surface area (Å²) in [7, 11) is 0. The number of hydrogen-bond acceptors (Lipinski definition) is 4. The predicted octanol–water partition coefficient (Wildman–Crippen LogP) is 6.66. The molecule has 2 aromatic heterocycles. The van der Waals surface area contributed by atoms with Gasteiger partial charge < -0.3 is 14.2 Å². The number of rotatable bonds is 5. The molecule has 170 valence electrons. The minimum atomic E-state index is -0.509. The van der Waals surface area contributed by atoms with Crippen molar-refractivity contribution < 1.29 is 22.8 Å². The van der Waals surface area contributed by atoms with Crippen LogP contribution in [-0.2, 0) is 11.2 Å². The van der Waals surface area contributed by atoms with Gasteiger partial charge in [0.1, 0.15) is 17.0 Å². The molecule has 0 aliphatic rings. The van der Waals surface area contributed by atoms with E-state index in [1.165, 1.54) is 12.1 Å². The smallest absolute Gasteiger partial charge is 0.230 e. The van der Waals surface area contributed by atoms with Crippen LogP contribution in [0.3, 0.4) is 0 Å². The van der Waals surface area contributed by atoms with Gasteiger partial charge in [-0.15, -0.1) is 0 Å². The number of carbonyl (C=O) groups is 2. The molecule has 1 N–H and O–H groups in total. The van der Waals surface area contributed by atoms with Crippen molar-refractivity contribution in [2.24, 2.45) is 0 Å². The number of carbonyl (C=O) groups excluding carboxylic acids is 2. The third-order valence-corrected chi connectivity index (χ3v) is 5.94. The second-order valence-electron chi connectivity index (χ2n) is 8.54. The monoisotopic (exact) mass is 455 g/mol. The van der Waals surface area contributed by atoms with Crippen LogP contribution in [-0.4, -0.2) is 11.7 Å². The van der Waals surface area contributed by atoms with E-state index >= 15 is 0 Å². The van der Waals surface area contributed by atoms with Crippen molar-refractivity contribution in [2.45, 2.75) is 27.2 Å². The van der Waals surface area contributed by atoms with Gasteiger partial charge in [-0.3, -0.25) is 9.59 Å². The third kappa shape index (κ3) is 3.77. The van der Waals surface area contributed by atoms with E-state index in [1.807, 2.05) is 26.0 Å². The Kier molecular flexibility index (Phi) is 5.28. The highest BCUT2D eigenvalue weighted by molar-refractivity contribution is 6.17. The number of amides is 1. The zero-order valence-corrected chi connectivity index (χ0v) is 19.0. The van der Waals surface area contributed by atoms with Crippen LogP contribution in [0.4, 0.5) is 10.1 Å². The largest absolute Gasteiger partial charge is 0.464 e. The number of hydrogen-bond donors (Lipinski definition) is 1. The van der Waals surface area contributed by atoms with Crippen LogP contribution in [0, 0.1) is 26.6 Å². The summed E-state index contributed by atoms with van der Waals surface area (Å²) in [5.74, 6) is -1.35. The first-order valence-corrected chi connectivity index (χ1v) is 10.9. The Hall–Kier alpha value is -4.19. The van der Waals surface area contributed by atoms with E-state index in [-0.39, 0.29) is 29.3 Å². The average Bonchev–Trinajstić information content (AvgIpc) is 3.36. The normalized spacial score (nSPS) is 11.3. The van der Waals surface area contributed by atoms with Gasteiger partial charge in [0.15, 0.2) is 5.76 Å². The fourth-order valence-electron chi connectivity index (χ4n) is 4.31. The van der Waals surface area contributed by atoms with Crippen LogP contribution in [0.1, 0.15) is 38.4 Å². The van der Waals surface area contributed by atoms with Gasteiger partial charge in [-0.1, -0.05) is 30.3 Å². The highest BCUT2D eigenvalue weighted by atomic mass is 19.1. The average molecular weight is 455 g/mol. The molecule has 5 rings (SSSR count). The van der Waals surface area contributed by atoms with E-state index in [2.05, 4.69) is 5.32 Å². The van der Waals surface area contributed by atoms with Crippen molar-refractivity contribution in [1.82, 2.24) is 0 Å². The zero-order valence-electron chi connectivity index (χ0n) is 19.0. The van der Waals surface area contributed by atoms with E-state index in [4.69, 9.17) is 8.83 Å². The molecule has 0 bridgehead atoms. The molecule has 34 heavy (non-hydrogen) atoms. The molecule has 3 aromatic carbocycles. The first-order chi connectivity index (χ1) is 16.3. The molecule has 6 heteroatoms. The molecule has 0 aliphatic carbocycles. The Labute approximate surface area is 195 Å². The number of fused-ring (bicyclic) bond motifs is 2.